The van der Waals surface area contributed by atoms with Crippen molar-refractivity contribution >= 4 is 10.1 Å². The first-order valence-electron chi connectivity index (χ1n) is 5.02. The molecule has 2 aliphatic rings. The molecule has 5 heteroatoms. The van der Waals surface area contributed by atoms with Crippen molar-refractivity contribution in [3.05, 3.63) is 0 Å². The molecule has 0 aromatic rings. The maximum Gasteiger partial charge on any atom is 0.264 e. The Balaban J connectivity index is 2.08. The maximum atomic E-state index is 11.1. The van der Waals surface area contributed by atoms with Crippen LogP contribution in [0.1, 0.15) is 12.8 Å². The summed E-state index contributed by atoms with van der Waals surface area (Å²) < 4.78 is 27.3. The van der Waals surface area contributed by atoms with Crippen LogP contribution in [0.4, 0.5) is 0 Å². The van der Waals surface area contributed by atoms with Gasteiger partial charge in [0.15, 0.2) is 0 Å². The van der Waals surface area contributed by atoms with Gasteiger partial charge in [-0.2, -0.15) is 8.42 Å². The fraction of sp³-hybridized carbons (Fsp3) is 1.00. The van der Waals surface area contributed by atoms with Gasteiger partial charge in [0.2, 0.25) is 0 Å². The van der Waals surface area contributed by atoms with Crippen molar-refractivity contribution in [1.82, 2.24) is 4.90 Å². The van der Waals surface area contributed by atoms with Crippen molar-refractivity contribution in [2.75, 3.05) is 26.4 Å². The molecule has 2 atom stereocenters. The SMILES string of the molecule is CN1CC2CCC(C1)C2OS(C)(=O)=O. The summed E-state index contributed by atoms with van der Waals surface area (Å²) in [6, 6.07) is 0. The second kappa shape index (κ2) is 3.47. The minimum atomic E-state index is -3.29. The monoisotopic (exact) mass is 219 g/mol. The van der Waals surface area contributed by atoms with Crippen molar-refractivity contribution in [2.24, 2.45) is 11.8 Å². The van der Waals surface area contributed by atoms with E-state index in [0.717, 1.165) is 32.2 Å². The Bertz CT molecular complexity index is 300. The molecule has 0 aromatic carbocycles. The lowest BCUT2D eigenvalue weighted by molar-refractivity contribution is 0.0507. The van der Waals surface area contributed by atoms with Gasteiger partial charge in [-0.25, -0.2) is 0 Å². The van der Waals surface area contributed by atoms with Crippen LogP contribution in [0.3, 0.4) is 0 Å². The number of piperidine rings is 1. The molecule has 1 aliphatic carbocycles. The molecule has 1 saturated heterocycles. The first-order valence-corrected chi connectivity index (χ1v) is 6.84. The Hall–Kier alpha value is -0.130. The topological polar surface area (TPSA) is 46.6 Å². The molecule has 2 rings (SSSR count). The Morgan fingerprint density at radius 1 is 1.21 bits per heavy atom. The number of likely N-dealkylation sites (tertiary alicyclic amines) is 1. The van der Waals surface area contributed by atoms with Crippen LogP contribution < -0.4 is 0 Å². The summed E-state index contributed by atoms with van der Waals surface area (Å²) in [6.07, 6.45) is 3.30. The van der Waals surface area contributed by atoms with Crippen LogP contribution in [0.2, 0.25) is 0 Å². The van der Waals surface area contributed by atoms with Gasteiger partial charge < -0.3 is 4.90 Å². The van der Waals surface area contributed by atoms with Gasteiger partial charge in [-0.05, 0) is 31.7 Å². The van der Waals surface area contributed by atoms with E-state index in [-0.39, 0.29) is 6.10 Å². The van der Waals surface area contributed by atoms with Crippen LogP contribution in [0, 0.1) is 11.8 Å². The molecule has 14 heavy (non-hydrogen) atoms. The Labute approximate surface area is 85.4 Å². The summed E-state index contributed by atoms with van der Waals surface area (Å²) >= 11 is 0. The molecule has 4 nitrogen and oxygen atoms in total. The van der Waals surface area contributed by atoms with Crippen molar-refractivity contribution < 1.29 is 12.6 Å². The van der Waals surface area contributed by atoms with Crippen LogP contribution in [0.5, 0.6) is 0 Å². The number of hydrogen-bond acceptors (Lipinski definition) is 4. The second-order valence-corrected chi connectivity index (χ2v) is 6.18. The van der Waals surface area contributed by atoms with Gasteiger partial charge >= 0.3 is 0 Å². The number of nitrogens with zero attached hydrogens (tertiary/aromatic N) is 1. The smallest absolute Gasteiger partial charge is 0.264 e. The van der Waals surface area contributed by atoms with Crippen molar-refractivity contribution in [3.63, 3.8) is 0 Å². The maximum absolute atomic E-state index is 11.1. The van der Waals surface area contributed by atoms with E-state index in [1.807, 2.05) is 0 Å². The predicted octanol–water partition coefficient (Wildman–Crippen LogP) is 0.303. The van der Waals surface area contributed by atoms with E-state index in [9.17, 15) is 8.42 Å². The lowest BCUT2D eigenvalue weighted by Gasteiger charge is -2.34. The molecule has 0 amide bonds. The molecule has 0 aromatic heterocycles. The Morgan fingerprint density at radius 3 is 2.14 bits per heavy atom. The molecule has 2 bridgehead atoms. The Kier molecular flexibility index (Phi) is 2.57. The van der Waals surface area contributed by atoms with E-state index in [0.29, 0.717) is 11.8 Å². The van der Waals surface area contributed by atoms with E-state index >= 15 is 0 Å². The van der Waals surface area contributed by atoms with Crippen LogP contribution in [-0.4, -0.2) is 45.8 Å². The molecule has 0 N–H and O–H groups in total. The summed E-state index contributed by atoms with van der Waals surface area (Å²) in [6.45, 7) is 1.94. The van der Waals surface area contributed by atoms with Gasteiger partial charge in [0.25, 0.3) is 10.1 Å². The molecule has 1 saturated carbocycles. The predicted molar refractivity (Wildman–Crippen MR) is 53.4 cm³/mol. The second-order valence-electron chi connectivity index (χ2n) is 4.58. The average molecular weight is 219 g/mol. The van der Waals surface area contributed by atoms with Gasteiger partial charge in [-0.15, -0.1) is 0 Å². The van der Waals surface area contributed by atoms with Crippen LogP contribution >= 0.6 is 0 Å². The fourth-order valence-electron chi connectivity index (χ4n) is 2.77. The minimum absolute atomic E-state index is 0.0544. The zero-order chi connectivity index (χ0) is 10.3. The van der Waals surface area contributed by atoms with Crippen molar-refractivity contribution in [1.29, 1.82) is 0 Å². The van der Waals surface area contributed by atoms with E-state index in [4.69, 9.17) is 4.18 Å². The summed E-state index contributed by atoms with van der Waals surface area (Å²) in [5, 5.41) is 0. The fourth-order valence-corrected chi connectivity index (χ4v) is 3.48. The van der Waals surface area contributed by atoms with E-state index < -0.39 is 10.1 Å². The van der Waals surface area contributed by atoms with Crippen LogP contribution in [0.15, 0.2) is 0 Å². The first kappa shape index (κ1) is 10.4. The molecule has 82 valence electrons. The molecule has 0 spiro atoms. The lowest BCUT2D eigenvalue weighted by Crippen LogP contribution is -2.44. The van der Waals surface area contributed by atoms with E-state index in [1.54, 1.807) is 0 Å². The van der Waals surface area contributed by atoms with Crippen molar-refractivity contribution in [3.8, 4) is 0 Å². The highest BCUT2D eigenvalue weighted by Gasteiger charge is 2.43. The first-order chi connectivity index (χ1) is 6.46. The van der Waals surface area contributed by atoms with Gasteiger partial charge in [0, 0.05) is 13.1 Å². The molecule has 2 fully saturated rings. The number of rotatable bonds is 2. The zero-order valence-corrected chi connectivity index (χ0v) is 9.46. The third-order valence-corrected chi connectivity index (χ3v) is 3.79. The Morgan fingerprint density at radius 2 is 1.71 bits per heavy atom. The normalized spacial score (nSPS) is 38.9. The zero-order valence-electron chi connectivity index (χ0n) is 8.64. The molecule has 2 unspecified atom stereocenters. The van der Waals surface area contributed by atoms with Crippen LogP contribution in [-0.2, 0) is 14.3 Å². The highest BCUT2D eigenvalue weighted by molar-refractivity contribution is 7.86. The molecular weight excluding hydrogens is 202 g/mol. The minimum Gasteiger partial charge on any atom is -0.306 e. The molecular formula is C9H17NO3S. The summed E-state index contributed by atoms with van der Waals surface area (Å²) in [5.41, 5.74) is 0. The quantitative estimate of drug-likeness (QED) is 0.627. The molecule has 1 aliphatic heterocycles. The van der Waals surface area contributed by atoms with Crippen molar-refractivity contribution in [2.45, 2.75) is 18.9 Å². The highest BCUT2D eigenvalue weighted by atomic mass is 32.2. The average Bonchev–Trinajstić information content (AvgIpc) is 2.31. The third kappa shape index (κ3) is 2.10. The van der Waals surface area contributed by atoms with Gasteiger partial charge in [-0.3, -0.25) is 4.18 Å². The third-order valence-electron chi connectivity index (χ3n) is 3.22. The number of hydrogen-bond donors (Lipinski definition) is 0. The molecule has 0 radical (unpaired) electrons. The summed E-state index contributed by atoms with van der Waals surface area (Å²) in [4.78, 5) is 2.27. The van der Waals surface area contributed by atoms with Gasteiger partial charge in [-0.1, -0.05) is 0 Å². The molecule has 1 heterocycles. The van der Waals surface area contributed by atoms with E-state index in [2.05, 4.69) is 11.9 Å². The lowest BCUT2D eigenvalue weighted by atomic mass is 9.96. The van der Waals surface area contributed by atoms with Crippen LogP contribution in [0.25, 0.3) is 0 Å². The number of fused-ring (bicyclic) bond motifs is 2. The highest BCUT2D eigenvalue weighted by Crippen LogP contribution is 2.38. The summed E-state index contributed by atoms with van der Waals surface area (Å²) in [7, 11) is -1.20. The van der Waals surface area contributed by atoms with E-state index in [1.165, 1.54) is 0 Å². The largest absolute Gasteiger partial charge is 0.306 e. The standard InChI is InChI=1S/C9H17NO3S/c1-10-5-7-3-4-8(6-10)9(7)13-14(2,11)12/h7-9H,3-6H2,1-2H3. The van der Waals surface area contributed by atoms with Gasteiger partial charge in [0.1, 0.15) is 0 Å². The van der Waals surface area contributed by atoms with Gasteiger partial charge in [0.05, 0.1) is 12.4 Å². The summed E-state index contributed by atoms with van der Waals surface area (Å²) in [5.74, 6) is 0.821.